The maximum atomic E-state index is 12.4. The molecule has 0 atom stereocenters. The first-order valence-electron chi connectivity index (χ1n) is 12.8. The third kappa shape index (κ3) is 5.19. The molecule has 0 amide bonds. The van der Waals surface area contributed by atoms with Gasteiger partial charge in [0, 0.05) is 33.5 Å². The molecule has 2 N–H and O–H groups in total. The summed E-state index contributed by atoms with van der Waals surface area (Å²) in [5, 5.41) is 7.71. The van der Waals surface area contributed by atoms with Crippen LogP contribution in [0.1, 0.15) is 0 Å². The molecule has 0 radical (unpaired) electrons. The van der Waals surface area contributed by atoms with Crippen molar-refractivity contribution in [2.75, 3.05) is 10.6 Å². The summed E-state index contributed by atoms with van der Waals surface area (Å²) in [5.74, 6) is 0. The van der Waals surface area contributed by atoms with Crippen molar-refractivity contribution >= 4 is 64.5 Å². The number of nitrogens with one attached hydrogen (secondary N) is 2. The van der Waals surface area contributed by atoms with Crippen LogP contribution in [0.25, 0.3) is 32.7 Å². The highest BCUT2D eigenvalue weighted by Gasteiger charge is 2.19. The zero-order chi connectivity index (χ0) is 29.5. The minimum atomic E-state index is -4.87. The molecule has 210 valence electrons. The van der Waals surface area contributed by atoms with Crippen LogP contribution in [0.3, 0.4) is 0 Å². The quantitative estimate of drug-likeness (QED) is 0.189. The second-order valence-corrected chi connectivity index (χ2v) is 12.3. The minimum absolute atomic E-state index is 0.195. The SMILES string of the molecule is O=S(=O)([O-])c1cccc2c(-c3ccc(Nc4ccccc4)c4c(S(=O)(=O)[O-])cccc34)ccc(Nc3ccccc3)c12. The summed E-state index contributed by atoms with van der Waals surface area (Å²) in [6, 6.07) is 34.0. The van der Waals surface area contributed by atoms with Crippen LogP contribution in [0.15, 0.2) is 131 Å². The molecule has 0 aliphatic rings. The predicted molar refractivity (Wildman–Crippen MR) is 162 cm³/mol. The average Bonchev–Trinajstić information content (AvgIpc) is 2.97. The smallest absolute Gasteiger partial charge is 0.125 e. The summed E-state index contributed by atoms with van der Waals surface area (Å²) in [6.07, 6.45) is 0. The van der Waals surface area contributed by atoms with Crippen LogP contribution in [0, 0.1) is 0 Å². The van der Waals surface area contributed by atoms with Crippen molar-refractivity contribution in [3.8, 4) is 11.1 Å². The van der Waals surface area contributed by atoms with E-state index in [9.17, 15) is 25.9 Å². The predicted octanol–water partition coefficient (Wildman–Crippen LogP) is 6.96. The van der Waals surface area contributed by atoms with E-state index in [1.54, 1.807) is 36.4 Å². The highest BCUT2D eigenvalue weighted by Crippen LogP contribution is 2.43. The lowest BCUT2D eigenvalue weighted by Gasteiger charge is -2.21. The molecule has 0 unspecified atom stereocenters. The van der Waals surface area contributed by atoms with Gasteiger partial charge in [0.1, 0.15) is 20.2 Å². The lowest BCUT2D eigenvalue weighted by Crippen LogP contribution is -2.03. The molecule has 0 saturated carbocycles. The lowest BCUT2D eigenvalue weighted by atomic mass is 9.92. The van der Waals surface area contributed by atoms with Crippen LogP contribution >= 0.6 is 0 Å². The first kappa shape index (κ1) is 27.4. The Bertz CT molecular complexity index is 2030. The number of hydrogen-bond donors (Lipinski definition) is 2. The lowest BCUT2D eigenvalue weighted by molar-refractivity contribution is 0.462. The van der Waals surface area contributed by atoms with Crippen LogP contribution in [-0.2, 0) is 20.2 Å². The van der Waals surface area contributed by atoms with Crippen molar-refractivity contribution in [1.82, 2.24) is 0 Å². The van der Waals surface area contributed by atoms with Gasteiger partial charge >= 0.3 is 0 Å². The number of para-hydroxylation sites is 2. The fourth-order valence-corrected chi connectivity index (χ4v) is 6.63. The first-order chi connectivity index (χ1) is 20.1. The fourth-order valence-electron chi connectivity index (χ4n) is 5.20. The standard InChI is InChI=1S/C32H24N2O6S2/c35-41(36,37)29-15-7-13-25-23(17-19-27(31(25)29)33-21-9-3-1-4-10-21)24-18-20-28(34-22-11-5-2-6-12-22)32-26(24)14-8-16-30(32)42(38,39)40/h1-20,33-34H,(H,35,36,37)(H,38,39,40)/p-2. The molecule has 0 aliphatic carbocycles. The molecular weight excluding hydrogens is 572 g/mol. The van der Waals surface area contributed by atoms with Gasteiger partial charge in [-0.2, -0.15) is 0 Å². The molecule has 0 heterocycles. The van der Waals surface area contributed by atoms with Gasteiger partial charge in [-0.25, -0.2) is 16.8 Å². The Labute approximate surface area is 242 Å². The molecule has 6 aromatic carbocycles. The van der Waals surface area contributed by atoms with Gasteiger partial charge in [-0.3, -0.25) is 0 Å². The van der Waals surface area contributed by atoms with Gasteiger partial charge in [0.15, 0.2) is 0 Å². The highest BCUT2D eigenvalue weighted by molar-refractivity contribution is 7.86. The Morgan fingerprint density at radius 3 is 1.17 bits per heavy atom. The van der Waals surface area contributed by atoms with Crippen molar-refractivity contribution < 1.29 is 25.9 Å². The van der Waals surface area contributed by atoms with Gasteiger partial charge in [0.05, 0.1) is 9.79 Å². The normalized spacial score (nSPS) is 12.0. The Morgan fingerprint density at radius 1 is 0.429 bits per heavy atom. The van der Waals surface area contributed by atoms with E-state index in [2.05, 4.69) is 10.6 Å². The minimum Gasteiger partial charge on any atom is -0.744 e. The fraction of sp³-hybridized carbons (Fsp3) is 0. The monoisotopic (exact) mass is 594 g/mol. The van der Waals surface area contributed by atoms with E-state index in [0.29, 0.717) is 44.6 Å². The van der Waals surface area contributed by atoms with E-state index in [1.165, 1.54) is 24.3 Å². The molecule has 0 spiro atoms. The molecule has 8 nitrogen and oxygen atoms in total. The molecule has 0 saturated heterocycles. The van der Waals surface area contributed by atoms with Crippen LogP contribution < -0.4 is 10.6 Å². The van der Waals surface area contributed by atoms with E-state index < -0.39 is 30.0 Å². The highest BCUT2D eigenvalue weighted by atomic mass is 32.2. The summed E-state index contributed by atoms with van der Waals surface area (Å²) < 4.78 is 74.4. The molecular formula is C32H22N2O6S2-2. The van der Waals surface area contributed by atoms with Crippen molar-refractivity contribution in [2.45, 2.75) is 9.79 Å². The second-order valence-electron chi connectivity index (χ2n) is 9.57. The van der Waals surface area contributed by atoms with E-state index in [4.69, 9.17) is 0 Å². The van der Waals surface area contributed by atoms with Gasteiger partial charge in [-0.15, -0.1) is 0 Å². The molecule has 0 bridgehead atoms. The molecule has 0 aliphatic heterocycles. The van der Waals surface area contributed by atoms with Gasteiger partial charge in [-0.05, 0) is 70.4 Å². The summed E-state index contributed by atoms with van der Waals surface area (Å²) >= 11 is 0. The van der Waals surface area contributed by atoms with E-state index in [0.717, 1.165) is 0 Å². The third-order valence-electron chi connectivity index (χ3n) is 6.94. The van der Waals surface area contributed by atoms with Crippen molar-refractivity contribution in [3.63, 3.8) is 0 Å². The Balaban J connectivity index is 1.65. The maximum absolute atomic E-state index is 12.4. The van der Waals surface area contributed by atoms with Crippen molar-refractivity contribution in [3.05, 3.63) is 121 Å². The van der Waals surface area contributed by atoms with Crippen molar-refractivity contribution in [2.24, 2.45) is 0 Å². The maximum Gasteiger partial charge on any atom is 0.125 e. The first-order valence-corrected chi connectivity index (χ1v) is 15.6. The molecule has 0 aromatic heterocycles. The zero-order valence-electron chi connectivity index (χ0n) is 21.8. The van der Waals surface area contributed by atoms with Crippen LogP contribution in [0.2, 0.25) is 0 Å². The number of anilines is 4. The Kier molecular flexibility index (Phi) is 6.91. The van der Waals surface area contributed by atoms with Crippen LogP contribution in [0.4, 0.5) is 22.7 Å². The number of rotatable bonds is 7. The van der Waals surface area contributed by atoms with E-state index >= 15 is 0 Å². The zero-order valence-corrected chi connectivity index (χ0v) is 23.4. The molecule has 0 fully saturated rings. The van der Waals surface area contributed by atoms with Gasteiger partial charge in [0.25, 0.3) is 0 Å². The van der Waals surface area contributed by atoms with E-state index in [-0.39, 0.29) is 10.8 Å². The largest absolute Gasteiger partial charge is 0.744 e. The van der Waals surface area contributed by atoms with Crippen molar-refractivity contribution in [1.29, 1.82) is 0 Å². The average molecular weight is 595 g/mol. The number of fused-ring (bicyclic) bond motifs is 2. The molecule has 10 heteroatoms. The second kappa shape index (κ2) is 10.6. The van der Waals surface area contributed by atoms with Gasteiger partial charge < -0.3 is 19.7 Å². The summed E-state index contributed by atoms with van der Waals surface area (Å²) in [7, 11) is -9.75. The summed E-state index contributed by atoms with van der Waals surface area (Å²) in [6.45, 7) is 0. The van der Waals surface area contributed by atoms with Crippen LogP contribution in [-0.4, -0.2) is 25.9 Å². The molecule has 6 aromatic rings. The summed E-state index contributed by atoms with van der Waals surface area (Å²) in [5.41, 5.74) is 3.29. The molecule has 6 rings (SSSR count). The molecule has 42 heavy (non-hydrogen) atoms. The Morgan fingerprint density at radius 2 is 0.810 bits per heavy atom. The topological polar surface area (TPSA) is 138 Å². The van der Waals surface area contributed by atoms with Crippen LogP contribution in [0.5, 0.6) is 0 Å². The summed E-state index contributed by atoms with van der Waals surface area (Å²) in [4.78, 5) is -0.787. The number of hydrogen-bond acceptors (Lipinski definition) is 8. The van der Waals surface area contributed by atoms with Gasteiger partial charge in [-0.1, -0.05) is 72.8 Å². The van der Waals surface area contributed by atoms with Gasteiger partial charge in [0.2, 0.25) is 0 Å². The number of benzene rings is 6. The Hall–Kier alpha value is -4.74. The van der Waals surface area contributed by atoms with E-state index in [1.807, 2.05) is 60.7 Å². The third-order valence-corrected chi connectivity index (χ3v) is 8.70.